The Hall–Kier alpha value is -2.70. The molecule has 2 N–H and O–H groups in total. The predicted molar refractivity (Wildman–Crippen MR) is 91.5 cm³/mol. The van der Waals surface area contributed by atoms with Crippen LogP contribution in [0.4, 0.5) is 4.79 Å². The number of nitrogens with one attached hydrogen (secondary N) is 2. The number of amides is 2. The second-order valence-electron chi connectivity index (χ2n) is 5.24. The Morgan fingerprint density at radius 3 is 2.67 bits per heavy atom. The number of nitrogens with zero attached hydrogens (tertiary/aromatic N) is 2. The van der Waals surface area contributed by atoms with Crippen molar-refractivity contribution in [1.29, 1.82) is 0 Å². The molecule has 7 nitrogen and oxygen atoms in total. The van der Waals surface area contributed by atoms with Gasteiger partial charge in [0.05, 0.1) is 14.2 Å². The lowest BCUT2D eigenvalue weighted by Crippen LogP contribution is -2.37. The van der Waals surface area contributed by atoms with Gasteiger partial charge in [0.15, 0.2) is 11.5 Å². The van der Waals surface area contributed by atoms with Gasteiger partial charge in [-0.05, 0) is 36.6 Å². The SMILES string of the molecule is COc1ccc(CCNC(=O)NCCCn2cccn2)cc1OC. The fourth-order valence-electron chi connectivity index (χ4n) is 2.29. The first-order valence-electron chi connectivity index (χ1n) is 7.93. The third-order valence-corrected chi connectivity index (χ3v) is 3.56. The summed E-state index contributed by atoms with van der Waals surface area (Å²) in [6.45, 7) is 1.96. The zero-order valence-corrected chi connectivity index (χ0v) is 14.1. The third kappa shape index (κ3) is 5.49. The maximum absolute atomic E-state index is 11.7. The van der Waals surface area contributed by atoms with Gasteiger partial charge in [-0.1, -0.05) is 6.07 Å². The van der Waals surface area contributed by atoms with E-state index >= 15 is 0 Å². The van der Waals surface area contributed by atoms with Crippen molar-refractivity contribution in [2.24, 2.45) is 0 Å². The standard InChI is InChI=1S/C17H24N4O3/c1-23-15-6-5-14(13-16(15)24-2)7-10-19-17(22)18-8-3-11-21-12-4-9-20-21/h4-6,9,12-13H,3,7-8,10-11H2,1-2H3,(H2,18,19,22). The molecule has 0 aliphatic carbocycles. The van der Waals surface area contributed by atoms with E-state index in [9.17, 15) is 4.79 Å². The van der Waals surface area contributed by atoms with Crippen molar-refractivity contribution in [3.8, 4) is 11.5 Å². The molecule has 0 aliphatic heterocycles. The smallest absolute Gasteiger partial charge is 0.314 e. The molecule has 130 valence electrons. The zero-order valence-electron chi connectivity index (χ0n) is 14.1. The highest BCUT2D eigenvalue weighted by Gasteiger charge is 2.05. The Morgan fingerprint density at radius 1 is 1.17 bits per heavy atom. The van der Waals surface area contributed by atoms with Crippen LogP contribution in [0.15, 0.2) is 36.7 Å². The monoisotopic (exact) mass is 332 g/mol. The van der Waals surface area contributed by atoms with Crippen LogP contribution in [-0.2, 0) is 13.0 Å². The van der Waals surface area contributed by atoms with Crippen molar-refractivity contribution >= 4 is 6.03 Å². The fourth-order valence-corrected chi connectivity index (χ4v) is 2.29. The molecule has 0 saturated heterocycles. The highest BCUT2D eigenvalue weighted by atomic mass is 16.5. The summed E-state index contributed by atoms with van der Waals surface area (Å²) in [4.78, 5) is 11.7. The Kier molecular flexibility index (Phi) is 6.94. The van der Waals surface area contributed by atoms with Crippen LogP contribution in [-0.4, -0.2) is 43.1 Å². The van der Waals surface area contributed by atoms with Crippen LogP contribution >= 0.6 is 0 Å². The summed E-state index contributed by atoms with van der Waals surface area (Å²) in [5.41, 5.74) is 1.08. The Morgan fingerprint density at radius 2 is 1.96 bits per heavy atom. The molecule has 0 saturated carbocycles. The van der Waals surface area contributed by atoms with E-state index in [0.717, 1.165) is 24.9 Å². The molecule has 2 rings (SSSR count). The van der Waals surface area contributed by atoms with E-state index in [-0.39, 0.29) is 6.03 Å². The highest BCUT2D eigenvalue weighted by molar-refractivity contribution is 5.73. The number of methoxy groups -OCH3 is 2. The van der Waals surface area contributed by atoms with E-state index in [4.69, 9.17) is 9.47 Å². The van der Waals surface area contributed by atoms with Crippen LogP contribution in [0.3, 0.4) is 0 Å². The Balaban J connectivity index is 1.63. The average molecular weight is 332 g/mol. The minimum atomic E-state index is -0.157. The molecule has 24 heavy (non-hydrogen) atoms. The van der Waals surface area contributed by atoms with Gasteiger partial charge in [-0.3, -0.25) is 4.68 Å². The van der Waals surface area contributed by atoms with Gasteiger partial charge in [0.1, 0.15) is 0 Å². The van der Waals surface area contributed by atoms with E-state index in [0.29, 0.717) is 24.6 Å². The molecule has 2 amide bonds. The average Bonchev–Trinajstić information content (AvgIpc) is 3.12. The predicted octanol–water partition coefficient (Wildman–Crippen LogP) is 1.83. The molecule has 0 radical (unpaired) electrons. The number of urea groups is 1. The number of aryl methyl sites for hydroxylation is 1. The molecular formula is C17H24N4O3. The lowest BCUT2D eigenvalue weighted by atomic mass is 10.1. The summed E-state index contributed by atoms with van der Waals surface area (Å²) in [6, 6.07) is 7.47. The van der Waals surface area contributed by atoms with Gasteiger partial charge in [-0.25, -0.2) is 4.79 Å². The summed E-state index contributed by atoms with van der Waals surface area (Å²) < 4.78 is 12.3. The first-order valence-corrected chi connectivity index (χ1v) is 7.93. The van der Waals surface area contributed by atoms with Crippen molar-refractivity contribution in [2.45, 2.75) is 19.4 Å². The van der Waals surface area contributed by atoms with Crippen LogP contribution in [0.1, 0.15) is 12.0 Å². The lowest BCUT2D eigenvalue weighted by molar-refractivity contribution is 0.240. The van der Waals surface area contributed by atoms with E-state index in [2.05, 4.69) is 15.7 Å². The van der Waals surface area contributed by atoms with Crippen molar-refractivity contribution in [1.82, 2.24) is 20.4 Å². The number of carbonyl (C=O) groups is 1. The van der Waals surface area contributed by atoms with E-state index in [1.54, 1.807) is 20.4 Å². The van der Waals surface area contributed by atoms with Crippen LogP contribution in [0.5, 0.6) is 11.5 Å². The highest BCUT2D eigenvalue weighted by Crippen LogP contribution is 2.27. The number of benzene rings is 1. The number of ether oxygens (including phenoxy) is 2. The van der Waals surface area contributed by atoms with Gasteiger partial charge in [-0.15, -0.1) is 0 Å². The number of aromatic nitrogens is 2. The number of hydrogen-bond donors (Lipinski definition) is 2. The number of hydrogen-bond acceptors (Lipinski definition) is 4. The number of rotatable bonds is 9. The summed E-state index contributed by atoms with van der Waals surface area (Å²) in [6.07, 6.45) is 5.21. The maximum atomic E-state index is 11.7. The van der Waals surface area contributed by atoms with Crippen LogP contribution in [0, 0.1) is 0 Å². The summed E-state index contributed by atoms with van der Waals surface area (Å²) in [7, 11) is 3.21. The zero-order chi connectivity index (χ0) is 17.2. The second-order valence-corrected chi connectivity index (χ2v) is 5.24. The molecule has 0 aliphatic rings. The molecule has 0 bridgehead atoms. The summed E-state index contributed by atoms with van der Waals surface area (Å²) in [5.74, 6) is 1.39. The van der Waals surface area contributed by atoms with Crippen molar-refractivity contribution in [3.05, 3.63) is 42.2 Å². The topological polar surface area (TPSA) is 77.4 Å². The van der Waals surface area contributed by atoms with Gasteiger partial charge in [0.25, 0.3) is 0 Å². The van der Waals surface area contributed by atoms with Gasteiger partial charge in [-0.2, -0.15) is 5.10 Å². The van der Waals surface area contributed by atoms with Crippen molar-refractivity contribution in [3.63, 3.8) is 0 Å². The van der Waals surface area contributed by atoms with Crippen molar-refractivity contribution < 1.29 is 14.3 Å². The quantitative estimate of drug-likeness (QED) is 0.687. The van der Waals surface area contributed by atoms with Gasteiger partial charge in [0.2, 0.25) is 0 Å². The maximum Gasteiger partial charge on any atom is 0.314 e. The Labute approximate surface area is 142 Å². The molecule has 1 aromatic carbocycles. The first-order chi connectivity index (χ1) is 11.7. The molecule has 1 aromatic heterocycles. The minimum absolute atomic E-state index is 0.157. The molecule has 1 heterocycles. The molecule has 0 atom stereocenters. The van der Waals surface area contributed by atoms with E-state index in [1.165, 1.54) is 0 Å². The molecule has 0 spiro atoms. The normalized spacial score (nSPS) is 10.2. The molecule has 0 fully saturated rings. The van der Waals surface area contributed by atoms with Gasteiger partial charge in [0, 0.05) is 32.0 Å². The molecule has 0 unspecified atom stereocenters. The van der Waals surface area contributed by atoms with E-state index < -0.39 is 0 Å². The minimum Gasteiger partial charge on any atom is -0.493 e. The second kappa shape index (κ2) is 9.44. The van der Waals surface area contributed by atoms with Crippen molar-refractivity contribution in [2.75, 3.05) is 27.3 Å². The van der Waals surface area contributed by atoms with Crippen LogP contribution < -0.4 is 20.1 Å². The summed E-state index contributed by atoms with van der Waals surface area (Å²) >= 11 is 0. The van der Waals surface area contributed by atoms with E-state index in [1.807, 2.05) is 35.1 Å². The first kappa shape index (κ1) is 17.7. The Bertz CT molecular complexity index is 629. The van der Waals surface area contributed by atoms with Crippen LogP contribution in [0.2, 0.25) is 0 Å². The third-order valence-electron chi connectivity index (χ3n) is 3.56. The largest absolute Gasteiger partial charge is 0.493 e. The molecule has 2 aromatic rings. The van der Waals surface area contributed by atoms with Crippen LogP contribution in [0.25, 0.3) is 0 Å². The van der Waals surface area contributed by atoms with Gasteiger partial charge >= 0.3 is 6.03 Å². The lowest BCUT2D eigenvalue weighted by Gasteiger charge is -2.10. The number of carbonyl (C=O) groups excluding carboxylic acids is 1. The van der Waals surface area contributed by atoms with Gasteiger partial charge < -0.3 is 20.1 Å². The molecule has 7 heteroatoms. The fraction of sp³-hybridized carbons (Fsp3) is 0.412. The molecular weight excluding hydrogens is 308 g/mol. The summed E-state index contributed by atoms with van der Waals surface area (Å²) in [5, 5.41) is 9.79.